The van der Waals surface area contributed by atoms with Crippen molar-refractivity contribution in [3.05, 3.63) is 46.9 Å². The molecule has 0 saturated carbocycles. The maximum atomic E-state index is 11.6. The molecule has 5 heteroatoms. The third-order valence-corrected chi connectivity index (χ3v) is 2.68. The third-order valence-electron chi connectivity index (χ3n) is 2.68. The van der Waals surface area contributed by atoms with E-state index in [1.807, 2.05) is 17.7 Å². The highest BCUT2D eigenvalue weighted by Crippen LogP contribution is 2.07. The lowest BCUT2D eigenvalue weighted by Crippen LogP contribution is -2.21. The van der Waals surface area contributed by atoms with Crippen LogP contribution in [0, 0.1) is 6.92 Å². The highest BCUT2D eigenvalue weighted by Gasteiger charge is 2.02. The lowest BCUT2D eigenvalue weighted by atomic mass is 10.3. The summed E-state index contributed by atoms with van der Waals surface area (Å²) in [5.41, 5.74) is 0.619. The van der Waals surface area contributed by atoms with E-state index in [2.05, 4.69) is 4.98 Å². The Bertz CT molecular complexity index is 543. The van der Waals surface area contributed by atoms with Gasteiger partial charge >= 0.3 is 0 Å². The van der Waals surface area contributed by atoms with Gasteiger partial charge in [-0.05, 0) is 19.4 Å². The number of nitrogens with zero attached hydrogens (tertiary/aromatic N) is 3. The first-order chi connectivity index (χ1) is 8.16. The highest BCUT2D eigenvalue weighted by atomic mass is 16.3. The van der Waals surface area contributed by atoms with Crippen LogP contribution in [-0.2, 0) is 13.1 Å². The van der Waals surface area contributed by atoms with Crippen molar-refractivity contribution in [3.63, 3.8) is 0 Å². The van der Waals surface area contributed by atoms with Gasteiger partial charge in [0, 0.05) is 37.2 Å². The zero-order valence-corrected chi connectivity index (χ0v) is 9.71. The standard InChI is InChI=1S/C12H15N3O2/c1-10-7-11(16)8-12(17)15(10)5-2-4-14-6-3-13-9-14/h3,6-9,16H,2,4-5H2,1H3. The summed E-state index contributed by atoms with van der Waals surface area (Å²) in [5, 5.41) is 9.27. The zero-order valence-electron chi connectivity index (χ0n) is 9.71. The van der Waals surface area contributed by atoms with Gasteiger partial charge in [0.25, 0.3) is 5.56 Å². The van der Waals surface area contributed by atoms with E-state index in [9.17, 15) is 9.90 Å². The molecule has 0 aliphatic heterocycles. The predicted molar refractivity (Wildman–Crippen MR) is 63.9 cm³/mol. The summed E-state index contributed by atoms with van der Waals surface area (Å²) in [6, 6.07) is 2.84. The average Bonchev–Trinajstić information content (AvgIpc) is 2.74. The molecule has 0 atom stereocenters. The van der Waals surface area contributed by atoms with Crippen molar-refractivity contribution in [1.82, 2.24) is 14.1 Å². The van der Waals surface area contributed by atoms with Crippen molar-refractivity contribution in [2.24, 2.45) is 0 Å². The molecule has 0 spiro atoms. The molecular formula is C12H15N3O2. The van der Waals surface area contributed by atoms with Crippen LogP contribution < -0.4 is 5.56 Å². The first kappa shape index (κ1) is 11.4. The monoisotopic (exact) mass is 233 g/mol. The topological polar surface area (TPSA) is 60.0 Å². The number of pyridine rings is 1. The number of aryl methyl sites for hydroxylation is 2. The largest absolute Gasteiger partial charge is 0.508 e. The van der Waals surface area contributed by atoms with Gasteiger partial charge in [0.1, 0.15) is 5.75 Å². The Balaban J connectivity index is 2.02. The average molecular weight is 233 g/mol. The second kappa shape index (κ2) is 4.86. The van der Waals surface area contributed by atoms with Crippen molar-refractivity contribution in [3.8, 4) is 5.75 Å². The molecule has 0 amide bonds. The van der Waals surface area contributed by atoms with Crippen LogP contribution in [0.5, 0.6) is 5.75 Å². The Labute approximate surface area is 99.0 Å². The summed E-state index contributed by atoms with van der Waals surface area (Å²) in [6.45, 7) is 3.29. The van der Waals surface area contributed by atoms with Gasteiger partial charge in [0.15, 0.2) is 0 Å². The fourth-order valence-electron chi connectivity index (χ4n) is 1.83. The Morgan fingerprint density at radius 2 is 2.18 bits per heavy atom. The van der Waals surface area contributed by atoms with Crippen LogP contribution in [0.3, 0.4) is 0 Å². The zero-order chi connectivity index (χ0) is 12.3. The van der Waals surface area contributed by atoms with Crippen molar-refractivity contribution in [2.45, 2.75) is 26.4 Å². The van der Waals surface area contributed by atoms with Gasteiger partial charge in [-0.3, -0.25) is 4.79 Å². The third kappa shape index (κ3) is 2.75. The minimum Gasteiger partial charge on any atom is -0.508 e. The number of aromatic hydroxyl groups is 1. The highest BCUT2D eigenvalue weighted by molar-refractivity contribution is 5.21. The van der Waals surface area contributed by atoms with Crippen LogP contribution in [0.1, 0.15) is 12.1 Å². The van der Waals surface area contributed by atoms with E-state index in [4.69, 9.17) is 0 Å². The van der Waals surface area contributed by atoms with E-state index in [1.165, 1.54) is 6.07 Å². The van der Waals surface area contributed by atoms with Gasteiger partial charge in [0.05, 0.1) is 6.33 Å². The van der Waals surface area contributed by atoms with Gasteiger partial charge in [-0.2, -0.15) is 0 Å². The van der Waals surface area contributed by atoms with Gasteiger partial charge in [-0.15, -0.1) is 0 Å². The minimum atomic E-state index is -0.159. The van der Waals surface area contributed by atoms with Crippen LogP contribution in [0.15, 0.2) is 35.6 Å². The smallest absolute Gasteiger partial charge is 0.254 e. The Kier molecular flexibility index (Phi) is 3.27. The van der Waals surface area contributed by atoms with Gasteiger partial charge in [-0.1, -0.05) is 0 Å². The summed E-state index contributed by atoms with van der Waals surface area (Å²) in [7, 11) is 0. The molecule has 90 valence electrons. The van der Waals surface area contributed by atoms with Crippen LogP contribution in [0.2, 0.25) is 0 Å². The summed E-state index contributed by atoms with van der Waals surface area (Å²) >= 11 is 0. The van der Waals surface area contributed by atoms with Crippen molar-refractivity contribution in [2.75, 3.05) is 0 Å². The van der Waals surface area contributed by atoms with Crippen molar-refractivity contribution in [1.29, 1.82) is 0 Å². The van der Waals surface area contributed by atoms with Gasteiger partial charge < -0.3 is 14.2 Å². The van der Waals surface area contributed by atoms with E-state index in [0.717, 1.165) is 18.7 Å². The Morgan fingerprint density at radius 1 is 1.35 bits per heavy atom. The minimum absolute atomic E-state index is 0.0263. The molecule has 2 heterocycles. The number of imidazole rings is 1. The van der Waals surface area contributed by atoms with E-state index >= 15 is 0 Å². The van der Waals surface area contributed by atoms with Crippen molar-refractivity contribution < 1.29 is 5.11 Å². The predicted octanol–water partition coefficient (Wildman–Crippen LogP) is 1.15. The normalized spacial score (nSPS) is 10.6. The molecule has 2 aromatic heterocycles. The van der Waals surface area contributed by atoms with Crippen molar-refractivity contribution >= 4 is 0 Å². The maximum Gasteiger partial charge on any atom is 0.254 e. The fraction of sp³-hybridized carbons (Fsp3) is 0.333. The molecule has 0 radical (unpaired) electrons. The maximum absolute atomic E-state index is 11.6. The molecule has 0 aliphatic rings. The molecule has 0 bridgehead atoms. The molecule has 5 nitrogen and oxygen atoms in total. The second-order valence-electron chi connectivity index (χ2n) is 4.00. The Morgan fingerprint density at radius 3 is 2.82 bits per heavy atom. The number of aromatic nitrogens is 3. The van der Waals surface area contributed by atoms with E-state index < -0.39 is 0 Å². The SMILES string of the molecule is Cc1cc(O)cc(=O)n1CCCn1ccnc1. The lowest BCUT2D eigenvalue weighted by Gasteiger charge is -2.10. The molecule has 2 aromatic rings. The summed E-state index contributed by atoms with van der Waals surface area (Å²) in [4.78, 5) is 15.6. The van der Waals surface area contributed by atoms with Crippen LogP contribution >= 0.6 is 0 Å². The molecule has 1 N–H and O–H groups in total. The lowest BCUT2D eigenvalue weighted by molar-refractivity contribution is 0.466. The summed E-state index contributed by atoms with van der Waals surface area (Å²) < 4.78 is 3.64. The molecule has 0 fully saturated rings. The fourth-order valence-corrected chi connectivity index (χ4v) is 1.83. The number of hydrogen-bond acceptors (Lipinski definition) is 3. The number of rotatable bonds is 4. The molecule has 17 heavy (non-hydrogen) atoms. The molecule has 0 unspecified atom stereocenters. The van der Waals surface area contributed by atoms with Crippen LogP contribution in [-0.4, -0.2) is 19.2 Å². The molecule has 0 aromatic carbocycles. The molecule has 2 rings (SSSR count). The second-order valence-corrected chi connectivity index (χ2v) is 4.00. The van der Waals surface area contributed by atoms with E-state index in [-0.39, 0.29) is 11.3 Å². The van der Waals surface area contributed by atoms with Crippen LogP contribution in [0.4, 0.5) is 0 Å². The quantitative estimate of drug-likeness (QED) is 0.861. The summed E-state index contributed by atoms with van der Waals surface area (Å²) in [5.74, 6) is 0.0263. The molecular weight excluding hydrogens is 218 g/mol. The molecule has 0 aliphatic carbocycles. The first-order valence-corrected chi connectivity index (χ1v) is 5.53. The van der Waals surface area contributed by atoms with Crippen LogP contribution in [0.25, 0.3) is 0 Å². The molecule has 0 saturated heterocycles. The first-order valence-electron chi connectivity index (χ1n) is 5.53. The van der Waals surface area contributed by atoms with Gasteiger partial charge in [-0.25, -0.2) is 4.98 Å². The Hall–Kier alpha value is -2.04. The number of hydrogen-bond donors (Lipinski definition) is 1. The van der Waals surface area contributed by atoms with E-state index in [0.29, 0.717) is 6.54 Å². The van der Waals surface area contributed by atoms with Gasteiger partial charge in [0.2, 0.25) is 0 Å². The summed E-state index contributed by atoms with van der Waals surface area (Å²) in [6.07, 6.45) is 6.23. The van der Waals surface area contributed by atoms with E-state index in [1.54, 1.807) is 23.2 Å².